The van der Waals surface area contributed by atoms with E-state index in [1.165, 1.54) is 27.6 Å². The molecule has 0 fully saturated rings. The molecule has 4 rings (SSSR count). The van der Waals surface area contributed by atoms with E-state index < -0.39 is 0 Å². The summed E-state index contributed by atoms with van der Waals surface area (Å²) in [5, 5.41) is 4.89. The van der Waals surface area contributed by atoms with Crippen LogP contribution in [0.5, 0.6) is 0 Å². The molecule has 0 saturated heterocycles. The van der Waals surface area contributed by atoms with Crippen molar-refractivity contribution in [1.82, 2.24) is 4.98 Å². The summed E-state index contributed by atoms with van der Waals surface area (Å²) in [6.45, 7) is 8.38. The van der Waals surface area contributed by atoms with Crippen molar-refractivity contribution in [2.75, 3.05) is 7.05 Å². The number of hydrogen-bond acceptors (Lipinski definition) is 1. The summed E-state index contributed by atoms with van der Waals surface area (Å²) in [6.07, 6.45) is 5.81. The van der Waals surface area contributed by atoms with Crippen LogP contribution in [0.2, 0.25) is 0 Å². The maximum atomic E-state index is 4.04. The van der Waals surface area contributed by atoms with Gasteiger partial charge in [-0.2, -0.15) is 0 Å². The van der Waals surface area contributed by atoms with E-state index in [1.807, 2.05) is 25.1 Å². The van der Waals surface area contributed by atoms with Gasteiger partial charge in [0.2, 0.25) is 0 Å². The first kappa shape index (κ1) is 22.5. The van der Waals surface area contributed by atoms with Gasteiger partial charge in [-0.3, -0.25) is 4.98 Å². The smallest absolute Gasteiger partial charge is 0.133 e. The molecule has 0 amide bonds. The Hall–Kier alpha value is -3.23. The standard InChI is InChI=1S/C23H25N.C6H7N/c1-4-16-23(2,17-18-10-6-5-7-11-18)22-20-13-9-8-12-19(20)14-15-21(22)24-3;1-6-4-2-3-5-7-6/h4-15,24H,1,16-17H2,2-3H3;2-5H,1H3/p+1. The average Bonchev–Trinajstić information content (AvgIpc) is 2.80. The second-order valence-corrected chi connectivity index (χ2v) is 8.23. The zero-order valence-corrected chi connectivity index (χ0v) is 18.9. The molecule has 0 aliphatic heterocycles. The van der Waals surface area contributed by atoms with Gasteiger partial charge in [-0.05, 0) is 60.4 Å². The molecular weight excluding hydrogens is 376 g/mol. The van der Waals surface area contributed by atoms with E-state index in [1.54, 1.807) is 6.20 Å². The molecule has 2 nitrogen and oxygen atoms in total. The largest absolute Gasteiger partial charge is 0.316 e. The van der Waals surface area contributed by atoms with Crippen LogP contribution in [0.1, 0.15) is 30.2 Å². The van der Waals surface area contributed by atoms with E-state index >= 15 is 0 Å². The summed E-state index contributed by atoms with van der Waals surface area (Å²) in [5.74, 6) is 0. The summed E-state index contributed by atoms with van der Waals surface area (Å²) in [7, 11) is 2.13. The molecule has 4 aromatic rings. The molecule has 31 heavy (non-hydrogen) atoms. The number of aryl methyl sites for hydroxylation is 1. The number of nitrogens with zero attached hydrogens (tertiary/aromatic N) is 1. The summed E-state index contributed by atoms with van der Waals surface area (Å²) in [6, 6.07) is 29.8. The molecule has 0 spiro atoms. The van der Waals surface area contributed by atoms with Gasteiger partial charge in [0.15, 0.2) is 0 Å². The van der Waals surface area contributed by atoms with Crippen LogP contribution in [0.4, 0.5) is 5.69 Å². The van der Waals surface area contributed by atoms with Crippen LogP contribution in [-0.2, 0) is 11.8 Å². The van der Waals surface area contributed by atoms with Crippen LogP contribution in [0, 0.1) is 6.92 Å². The van der Waals surface area contributed by atoms with Gasteiger partial charge in [0, 0.05) is 22.9 Å². The molecule has 0 aliphatic carbocycles. The van der Waals surface area contributed by atoms with Gasteiger partial charge in [-0.25, -0.2) is 0 Å². The van der Waals surface area contributed by atoms with Gasteiger partial charge in [0.1, 0.15) is 5.69 Å². The quantitative estimate of drug-likeness (QED) is 0.301. The second-order valence-electron chi connectivity index (χ2n) is 8.23. The first-order chi connectivity index (χ1) is 15.1. The number of allylic oxidation sites excluding steroid dienone is 1. The molecule has 1 heterocycles. The first-order valence-electron chi connectivity index (χ1n) is 10.9. The molecule has 2 heteroatoms. The van der Waals surface area contributed by atoms with Crippen LogP contribution < -0.4 is 5.32 Å². The van der Waals surface area contributed by atoms with Gasteiger partial charge >= 0.3 is 0 Å². The maximum absolute atomic E-state index is 4.04. The highest BCUT2D eigenvalue weighted by Crippen LogP contribution is 2.39. The summed E-state index contributed by atoms with van der Waals surface area (Å²) >= 11 is 0. The Morgan fingerprint density at radius 3 is 2.23 bits per heavy atom. The molecule has 1 atom stereocenters. The average molecular weight is 410 g/mol. The predicted octanol–water partition coefficient (Wildman–Crippen LogP) is 6.13. The van der Waals surface area contributed by atoms with Crippen LogP contribution in [0.25, 0.3) is 10.8 Å². The lowest BCUT2D eigenvalue weighted by atomic mass is 9.72. The van der Waals surface area contributed by atoms with Crippen molar-refractivity contribution in [3.63, 3.8) is 0 Å². The van der Waals surface area contributed by atoms with E-state index in [0.29, 0.717) is 0 Å². The van der Waals surface area contributed by atoms with Crippen molar-refractivity contribution < 1.29 is 5.32 Å². The lowest BCUT2D eigenvalue weighted by Gasteiger charge is -2.31. The number of benzene rings is 3. The van der Waals surface area contributed by atoms with Crippen molar-refractivity contribution >= 4 is 16.5 Å². The molecule has 0 radical (unpaired) electrons. The van der Waals surface area contributed by atoms with Crippen molar-refractivity contribution in [3.05, 3.63) is 121 Å². The molecule has 3 aromatic carbocycles. The normalized spacial score (nSPS) is 12.5. The molecule has 0 bridgehead atoms. The Kier molecular flexibility index (Phi) is 7.75. The number of rotatable bonds is 6. The minimum Gasteiger partial charge on any atom is -0.316 e. The molecule has 2 N–H and O–H groups in total. The van der Waals surface area contributed by atoms with Crippen LogP contribution in [-0.4, -0.2) is 12.0 Å². The lowest BCUT2D eigenvalue weighted by Crippen LogP contribution is -2.73. The fourth-order valence-electron chi connectivity index (χ4n) is 4.28. The third-order valence-corrected chi connectivity index (χ3v) is 5.72. The molecule has 158 valence electrons. The van der Waals surface area contributed by atoms with Crippen molar-refractivity contribution in [3.8, 4) is 0 Å². The van der Waals surface area contributed by atoms with Crippen LogP contribution in [0.15, 0.2) is 104 Å². The van der Waals surface area contributed by atoms with E-state index in [9.17, 15) is 0 Å². The molecule has 0 saturated carbocycles. The zero-order valence-electron chi connectivity index (χ0n) is 18.9. The Labute approximate surface area is 186 Å². The predicted molar refractivity (Wildman–Crippen MR) is 133 cm³/mol. The summed E-state index contributed by atoms with van der Waals surface area (Å²) < 4.78 is 0. The number of hydrogen-bond donors (Lipinski definition) is 1. The SMILES string of the molecule is C=CCC(C)(Cc1ccccc1)c1c([NH2+]C)ccc2ccccc12.Cc1ccccn1. The van der Waals surface area contributed by atoms with E-state index in [-0.39, 0.29) is 5.41 Å². The van der Waals surface area contributed by atoms with Gasteiger partial charge in [-0.1, -0.05) is 73.7 Å². The fraction of sp³-hybridized carbons (Fsp3) is 0.207. The highest BCUT2D eigenvalue weighted by Gasteiger charge is 2.31. The van der Waals surface area contributed by atoms with Gasteiger partial charge in [-0.15, -0.1) is 6.58 Å². The van der Waals surface area contributed by atoms with Gasteiger partial charge < -0.3 is 5.32 Å². The number of quaternary nitrogens is 1. The summed E-state index contributed by atoms with van der Waals surface area (Å²) in [5.41, 5.74) is 5.23. The van der Waals surface area contributed by atoms with Crippen LogP contribution >= 0.6 is 0 Å². The molecular formula is C29H33N2+. The topological polar surface area (TPSA) is 29.5 Å². The zero-order chi connectivity index (χ0) is 22.1. The molecule has 0 aliphatic rings. The number of pyridine rings is 1. The van der Waals surface area contributed by atoms with Crippen LogP contribution in [0.3, 0.4) is 0 Å². The number of fused-ring (bicyclic) bond motifs is 1. The van der Waals surface area contributed by atoms with Crippen molar-refractivity contribution in [2.45, 2.75) is 32.1 Å². The van der Waals surface area contributed by atoms with E-state index in [4.69, 9.17) is 0 Å². The minimum atomic E-state index is 0.0197. The van der Waals surface area contributed by atoms with Gasteiger partial charge in [0.05, 0.1) is 7.05 Å². The van der Waals surface area contributed by atoms with E-state index in [2.05, 4.69) is 104 Å². The summed E-state index contributed by atoms with van der Waals surface area (Å²) in [4.78, 5) is 3.98. The van der Waals surface area contributed by atoms with E-state index in [0.717, 1.165) is 18.5 Å². The highest BCUT2D eigenvalue weighted by atomic mass is 14.8. The maximum Gasteiger partial charge on any atom is 0.133 e. The Morgan fingerprint density at radius 2 is 1.61 bits per heavy atom. The number of nitrogens with two attached hydrogens (primary N) is 1. The fourth-order valence-corrected chi connectivity index (χ4v) is 4.28. The third kappa shape index (κ3) is 5.68. The van der Waals surface area contributed by atoms with Crippen molar-refractivity contribution in [1.29, 1.82) is 0 Å². The minimum absolute atomic E-state index is 0.0197. The Morgan fingerprint density at radius 1 is 0.903 bits per heavy atom. The third-order valence-electron chi connectivity index (χ3n) is 5.72. The molecule has 1 aromatic heterocycles. The second kappa shape index (κ2) is 10.7. The Balaban J connectivity index is 0.000000330. The van der Waals surface area contributed by atoms with Crippen molar-refractivity contribution in [2.24, 2.45) is 0 Å². The first-order valence-corrected chi connectivity index (χ1v) is 10.9. The monoisotopic (exact) mass is 409 g/mol. The Bertz CT molecular complexity index is 1100. The van der Waals surface area contributed by atoms with Gasteiger partial charge in [0.25, 0.3) is 0 Å². The number of aromatic nitrogens is 1. The molecule has 1 unspecified atom stereocenters. The lowest BCUT2D eigenvalue weighted by molar-refractivity contribution is -0.540. The highest BCUT2D eigenvalue weighted by molar-refractivity contribution is 5.89.